The molecule has 0 aromatic heterocycles. The predicted octanol–water partition coefficient (Wildman–Crippen LogP) is 12.4. The predicted molar refractivity (Wildman–Crippen MR) is 224 cm³/mol. The quantitative estimate of drug-likeness (QED) is 0.0528. The van der Waals surface area contributed by atoms with Gasteiger partial charge in [0.05, 0.1) is 0 Å². The number of unbranched alkanes of at least 4 members (excludes halogenated alkanes) is 20. The van der Waals surface area contributed by atoms with Crippen molar-refractivity contribution >= 4 is 35.0 Å². The molecule has 0 bridgehead atoms. The Hall–Kier alpha value is -1.85. The summed E-state index contributed by atoms with van der Waals surface area (Å²) in [5.41, 5.74) is 3.02. The Morgan fingerprint density at radius 1 is 0.396 bits per heavy atom. The Bertz CT molecular complexity index is 974. The summed E-state index contributed by atoms with van der Waals surface area (Å²) in [5, 5.41) is 20.8. The van der Waals surface area contributed by atoms with Gasteiger partial charge in [-0.3, -0.25) is 0 Å². The van der Waals surface area contributed by atoms with Gasteiger partial charge in [0, 0.05) is 11.9 Å². The van der Waals surface area contributed by atoms with Crippen LogP contribution in [-0.2, 0) is 9.59 Å². The molecule has 0 saturated carbocycles. The minimum absolute atomic E-state index is 0. The molecule has 0 amide bonds. The molecule has 0 saturated heterocycles. The largest absolute Gasteiger partial charge is 2.00 e. The van der Waals surface area contributed by atoms with Gasteiger partial charge in [0.2, 0.25) is 0 Å². The molecule has 4 nitrogen and oxygen atoms in total. The van der Waals surface area contributed by atoms with Crippen LogP contribution in [0.1, 0.15) is 229 Å². The maximum absolute atomic E-state index is 10.4. The summed E-state index contributed by atoms with van der Waals surface area (Å²) in [6.07, 6.45) is 35.5. The summed E-state index contributed by atoms with van der Waals surface area (Å²) in [6.45, 7) is 4.55. The maximum Gasteiger partial charge on any atom is 2.00 e. The zero-order chi connectivity index (χ0) is 37.7. The SMILES string of the molecule is CCCCCCCCC(CCCCCCCCC(=O)[O-])c1ccccc1.CCCCCCCCC(CCCCCCCCC(=O)[O-])c1ccccc1.[Mg+2]. The minimum atomic E-state index is -0.912. The molecule has 2 aromatic rings. The molecule has 0 aliphatic carbocycles. The van der Waals surface area contributed by atoms with E-state index in [0.717, 1.165) is 38.5 Å². The molecule has 0 aliphatic rings. The molecular formula is C48H78MgO4. The van der Waals surface area contributed by atoms with Crippen LogP contribution in [0.15, 0.2) is 60.7 Å². The van der Waals surface area contributed by atoms with Crippen LogP contribution in [0.25, 0.3) is 0 Å². The summed E-state index contributed by atoms with van der Waals surface area (Å²) in [6, 6.07) is 22.1. The Morgan fingerprint density at radius 3 is 0.906 bits per heavy atom. The van der Waals surface area contributed by atoms with Gasteiger partial charge in [0.1, 0.15) is 0 Å². The van der Waals surface area contributed by atoms with Gasteiger partial charge in [-0.05, 0) is 74.3 Å². The summed E-state index contributed by atoms with van der Waals surface area (Å²) in [7, 11) is 0. The number of hydrogen-bond acceptors (Lipinski definition) is 4. The first-order chi connectivity index (χ1) is 25.5. The van der Waals surface area contributed by atoms with Crippen LogP contribution in [0.4, 0.5) is 0 Å². The molecule has 0 aliphatic heterocycles. The maximum atomic E-state index is 10.4. The number of rotatable bonds is 34. The number of carboxylic acids is 2. The Kier molecular flexibility index (Phi) is 37.1. The van der Waals surface area contributed by atoms with Gasteiger partial charge in [-0.2, -0.15) is 0 Å². The van der Waals surface area contributed by atoms with E-state index in [2.05, 4.69) is 74.5 Å². The Labute approximate surface area is 343 Å². The molecule has 0 spiro atoms. The van der Waals surface area contributed by atoms with E-state index in [1.54, 1.807) is 0 Å². The second-order valence-corrected chi connectivity index (χ2v) is 15.4. The van der Waals surface area contributed by atoms with E-state index in [1.807, 2.05) is 0 Å². The van der Waals surface area contributed by atoms with Crippen LogP contribution in [0.3, 0.4) is 0 Å². The number of aliphatic carboxylic acids is 2. The second-order valence-electron chi connectivity index (χ2n) is 15.4. The van der Waals surface area contributed by atoms with Crippen LogP contribution in [0, 0.1) is 0 Å². The summed E-state index contributed by atoms with van der Waals surface area (Å²) >= 11 is 0. The van der Waals surface area contributed by atoms with Gasteiger partial charge in [-0.25, -0.2) is 0 Å². The first kappa shape index (κ1) is 51.1. The van der Waals surface area contributed by atoms with Crippen LogP contribution >= 0.6 is 0 Å². The van der Waals surface area contributed by atoms with Crippen molar-refractivity contribution in [3.8, 4) is 0 Å². The molecule has 0 fully saturated rings. The van der Waals surface area contributed by atoms with Crippen molar-refractivity contribution in [2.75, 3.05) is 0 Å². The van der Waals surface area contributed by atoms with E-state index in [0.29, 0.717) is 11.8 Å². The van der Waals surface area contributed by atoms with Crippen LogP contribution < -0.4 is 10.2 Å². The van der Waals surface area contributed by atoms with Crippen LogP contribution in [0.5, 0.6) is 0 Å². The van der Waals surface area contributed by atoms with Crippen molar-refractivity contribution in [2.24, 2.45) is 0 Å². The first-order valence-electron chi connectivity index (χ1n) is 22.0. The smallest absolute Gasteiger partial charge is 0.550 e. The standard InChI is InChI=1S/2C24H40O2.Mg/c2*1-2-3-4-5-8-12-17-22(23-19-14-11-15-20-23)18-13-9-6-7-10-16-21-24(25)26;/h2*11,14-15,19-20,22H,2-10,12-13,16-18,21H2,1H3,(H,25,26);/q;;+2/p-2. The molecule has 2 atom stereocenters. The Morgan fingerprint density at radius 2 is 0.642 bits per heavy atom. The van der Waals surface area contributed by atoms with Gasteiger partial charge in [0.15, 0.2) is 0 Å². The van der Waals surface area contributed by atoms with Crippen molar-refractivity contribution < 1.29 is 19.8 Å². The van der Waals surface area contributed by atoms with E-state index in [9.17, 15) is 19.8 Å². The summed E-state index contributed by atoms with van der Waals surface area (Å²) in [4.78, 5) is 20.8. The van der Waals surface area contributed by atoms with E-state index in [4.69, 9.17) is 0 Å². The normalized spacial score (nSPS) is 12.0. The van der Waals surface area contributed by atoms with Crippen molar-refractivity contribution in [3.05, 3.63) is 71.8 Å². The molecule has 2 rings (SSSR count). The average Bonchev–Trinajstić information content (AvgIpc) is 3.15. The summed E-state index contributed by atoms with van der Waals surface area (Å²) < 4.78 is 0. The molecule has 296 valence electrons. The Balaban J connectivity index is 0.00000100. The minimum Gasteiger partial charge on any atom is -0.550 e. The fraction of sp³-hybridized carbons (Fsp3) is 0.708. The molecule has 0 heterocycles. The van der Waals surface area contributed by atoms with Gasteiger partial charge < -0.3 is 19.8 Å². The van der Waals surface area contributed by atoms with E-state index in [1.165, 1.54) is 152 Å². The fourth-order valence-corrected chi connectivity index (χ4v) is 7.48. The summed E-state index contributed by atoms with van der Waals surface area (Å²) in [5.74, 6) is -0.406. The van der Waals surface area contributed by atoms with Gasteiger partial charge >= 0.3 is 23.1 Å². The molecule has 53 heavy (non-hydrogen) atoms. The number of benzene rings is 2. The van der Waals surface area contributed by atoms with E-state index < -0.39 is 11.9 Å². The molecular weight excluding hydrogens is 665 g/mol. The van der Waals surface area contributed by atoms with Crippen LogP contribution in [0.2, 0.25) is 0 Å². The average molecular weight is 743 g/mol. The molecule has 0 radical (unpaired) electrons. The number of carbonyl (C=O) groups excluding carboxylic acids is 2. The van der Waals surface area contributed by atoms with Crippen LogP contribution in [-0.4, -0.2) is 35.0 Å². The monoisotopic (exact) mass is 743 g/mol. The molecule has 2 aromatic carbocycles. The van der Waals surface area contributed by atoms with Crippen molar-refractivity contribution in [1.29, 1.82) is 0 Å². The van der Waals surface area contributed by atoms with Gasteiger partial charge in [-0.1, -0.05) is 216 Å². The topological polar surface area (TPSA) is 80.3 Å². The molecule has 0 N–H and O–H groups in total. The third-order valence-electron chi connectivity index (χ3n) is 10.7. The van der Waals surface area contributed by atoms with E-state index in [-0.39, 0.29) is 35.9 Å². The van der Waals surface area contributed by atoms with E-state index >= 15 is 0 Å². The number of carboxylic acid groups (broad SMARTS) is 2. The zero-order valence-electron chi connectivity index (χ0n) is 34.5. The third-order valence-corrected chi connectivity index (χ3v) is 10.7. The van der Waals surface area contributed by atoms with Crippen molar-refractivity contribution in [2.45, 2.75) is 218 Å². The second kappa shape index (κ2) is 38.4. The molecule has 5 heteroatoms. The van der Waals surface area contributed by atoms with Crippen molar-refractivity contribution in [3.63, 3.8) is 0 Å². The fourth-order valence-electron chi connectivity index (χ4n) is 7.48. The van der Waals surface area contributed by atoms with Gasteiger partial charge in [0.25, 0.3) is 0 Å². The molecule has 2 unspecified atom stereocenters. The zero-order valence-corrected chi connectivity index (χ0v) is 35.9. The number of hydrogen-bond donors (Lipinski definition) is 0. The number of carbonyl (C=O) groups is 2. The first-order valence-corrected chi connectivity index (χ1v) is 22.0. The van der Waals surface area contributed by atoms with Crippen molar-refractivity contribution in [1.82, 2.24) is 0 Å². The van der Waals surface area contributed by atoms with Gasteiger partial charge in [-0.15, -0.1) is 0 Å². The third kappa shape index (κ3) is 32.1.